The largest absolute Gasteiger partial charge is 0.469 e. The van der Waals surface area contributed by atoms with Gasteiger partial charge in [-0.15, -0.1) is 0 Å². The van der Waals surface area contributed by atoms with E-state index < -0.39 is 82.1 Å². The van der Waals surface area contributed by atoms with Gasteiger partial charge in [0.15, 0.2) is 11.9 Å². The van der Waals surface area contributed by atoms with Crippen LogP contribution in [0.3, 0.4) is 0 Å². The molecular weight excluding hydrogens is 990 g/mol. The Bertz CT molecular complexity index is 1280. The van der Waals surface area contributed by atoms with E-state index in [1.54, 1.807) is 46.8 Å². The molecule has 0 amide bonds. The number of ketones is 1. The molecule has 2 heterocycles. The van der Waals surface area contributed by atoms with Crippen molar-refractivity contribution in [1.29, 1.82) is 0 Å². The van der Waals surface area contributed by atoms with E-state index in [1.165, 1.54) is 13.2 Å². The summed E-state index contributed by atoms with van der Waals surface area (Å²) in [5.41, 5.74) is -5.86. The molecule has 3 aliphatic carbocycles. The molecule has 10 atom stereocenters. The minimum Gasteiger partial charge on any atom is -0.469 e. The predicted octanol–water partition coefficient (Wildman–Crippen LogP) is 1.55. The molecule has 2 saturated carbocycles. The number of ether oxygens (including phenoxy) is 3. The van der Waals surface area contributed by atoms with E-state index >= 15 is 0 Å². The van der Waals surface area contributed by atoms with Crippen LogP contribution < -0.4 is 0 Å². The van der Waals surface area contributed by atoms with Crippen molar-refractivity contribution in [1.82, 2.24) is 0 Å². The Labute approximate surface area is 322 Å². The predicted molar refractivity (Wildman–Crippen MR) is 141 cm³/mol. The summed E-state index contributed by atoms with van der Waals surface area (Å²) in [5.74, 6) is -3.80. The van der Waals surface area contributed by atoms with Crippen molar-refractivity contribution >= 4 is 17.7 Å². The number of hydrogen-bond donors (Lipinski definition) is 4. The van der Waals surface area contributed by atoms with Crippen LogP contribution >= 0.6 is 0 Å². The van der Waals surface area contributed by atoms with E-state index in [4.69, 9.17) is 18.6 Å². The summed E-state index contributed by atoms with van der Waals surface area (Å²) in [4.78, 5) is 39.9. The van der Waals surface area contributed by atoms with Gasteiger partial charge in [0.1, 0.15) is 35.3 Å². The third kappa shape index (κ3) is 5.75. The molecule has 4 N–H and O–H groups in total. The van der Waals surface area contributed by atoms with Crippen LogP contribution in [0.2, 0.25) is 0 Å². The third-order valence-electron chi connectivity index (χ3n) is 10.5. The fraction of sp³-hybridized carbons (Fsp3) is 0.700. The zero-order valence-electron chi connectivity index (χ0n) is 25.4. The van der Waals surface area contributed by atoms with E-state index in [0.717, 1.165) is 0 Å². The SMILES string of the molecule is CC(=O)O[C@H]1[C@@H]2[C@]3(O)CO[C@@H]3CC[C@@]2(C)C(=O)[C@H](O)C2=C(C)[C@@H](OC(=O)[C@H](O)[C@@H](C)c3ccco3)C[C@]1(O)C2(C)C.[Ac].[Ac]. The maximum absolute atomic E-state index is 14.2. The number of aliphatic hydroxyl groups excluding tert-OH is 2. The van der Waals surface area contributed by atoms with Gasteiger partial charge in [0.2, 0.25) is 0 Å². The normalized spacial score (nSPS) is 39.2. The van der Waals surface area contributed by atoms with Gasteiger partial charge in [-0.05, 0) is 43.0 Å². The van der Waals surface area contributed by atoms with Crippen LogP contribution in [-0.4, -0.2) is 86.5 Å². The standard InChI is InChI=1S/C30H40O11.2Ac/c1-14-18(41-26(35)21(32)15(2)17-8-7-11-38-17)12-30(37)25(40-16(3)31)23-28(6,10-9-19-29(23,36)13-39-19)24(34)22(33)20(14)27(30,4)5;;/h7-8,11,15,18-19,21-23,25,32-33,36-37H,9-10,12-13H2,1-6H3;;/t15-,18-,19+,21+,22+,23-,25-,28+,29-,30+;;/m0../s1. The van der Waals surface area contributed by atoms with Gasteiger partial charge in [-0.3, -0.25) is 9.59 Å². The van der Waals surface area contributed by atoms with Gasteiger partial charge in [-0.1, -0.05) is 27.7 Å². The molecule has 1 saturated heterocycles. The van der Waals surface area contributed by atoms with Gasteiger partial charge in [-0.25, -0.2) is 4.79 Å². The summed E-state index contributed by atoms with van der Waals surface area (Å²) < 4.78 is 22.5. The second-order valence-electron chi connectivity index (χ2n) is 13.0. The van der Waals surface area contributed by atoms with Gasteiger partial charge in [-0.2, -0.15) is 0 Å². The van der Waals surface area contributed by atoms with Gasteiger partial charge in [0.25, 0.3) is 0 Å². The average Bonchev–Trinajstić information content (AvgIpc) is 3.43. The molecule has 4 aliphatic rings. The molecule has 0 unspecified atom stereocenters. The van der Waals surface area contributed by atoms with Crippen molar-refractivity contribution in [2.75, 3.05) is 6.61 Å². The Kier molecular flexibility index (Phi) is 11.5. The Morgan fingerprint density at radius 3 is 2.33 bits per heavy atom. The minimum absolute atomic E-state index is 0. The van der Waals surface area contributed by atoms with Crippen molar-refractivity contribution < 1.29 is 142 Å². The molecular formula is C30H40Ac2O11. The maximum Gasteiger partial charge on any atom is 0.336 e. The summed E-state index contributed by atoms with van der Waals surface area (Å²) >= 11 is 0. The first-order chi connectivity index (χ1) is 19.0. The number of hydrogen-bond acceptors (Lipinski definition) is 11. The zero-order valence-corrected chi connectivity index (χ0v) is 34.9. The van der Waals surface area contributed by atoms with Crippen molar-refractivity contribution in [3.8, 4) is 0 Å². The molecule has 1 aromatic heterocycles. The first kappa shape index (κ1) is 37.8. The van der Waals surface area contributed by atoms with E-state index in [0.29, 0.717) is 17.8 Å². The third-order valence-corrected chi connectivity index (χ3v) is 10.5. The smallest absolute Gasteiger partial charge is 0.336 e. The summed E-state index contributed by atoms with van der Waals surface area (Å²) in [6, 6.07) is 3.25. The van der Waals surface area contributed by atoms with Crippen LogP contribution in [0, 0.1) is 105 Å². The second kappa shape index (κ2) is 13.1. The zero-order chi connectivity index (χ0) is 30.3. The van der Waals surface area contributed by atoms with E-state index in [-0.39, 0.29) is 113 Å². The summed E-state index contributed by atoms with van der Waals surface area (Å²) in [7, 11) is 0. The van der Waals surface area contributed by atoms with Crippen LogP contribution in [0.4, 0.5) is 0 Å². The molecule has 11 nitrogen and oxygen atoms in total. The van der Waals surface area contributed by atoms with Crippen molar-refractivity contribution in [2.24, 2.45) is 16.7 Å². The fourth-order valence-electron chi connectivity index (χ4n) is 7.94. The fourth-order valence-corrected chi connectivity index (χ4v) is 7.94. The Hall–Kier alpha value is 0.313. The van der Waals surface area contributed by atoms with Crippen LogP contribution in [0.5, 0.6) is 0 Å². The van der Waals surface area contributed by atoms with Crippen LogP contribution in [0.25, 0.3) is 0 Å². The van der Waals surface area contributed by atoms with Crippen LogP contribution in [0.15, 0.2) is 34.0 Å². The molecule has 0 spiro atoms. The first-order valence-corrected chi connectivity index (χ1v) is 14.1. The quantitative estimate of drug-likeness (QED) is 0.249. The van der Waals surface area contributed by atoms with E-state index in [2.05, 4.69) is 0 Å². The molecule has 5 rings (SSSR count). The van der Waals surface area contributed by atoms with Crippen molar-refractivity contribution in [3.05, 3.63) is 35.3 Å². The molecule has 2 radical (unpaired) electrons. The van der Waals surface area contributed by atoms with Crippen molar-refractivity contribution in [2.45, 2.75) is 108 Å². The summed E-state index contributed by atoms with van der Waals surface area (Å²) in [6.07, 6.45) is -4.84. The first-order valence-electron chi connectivity index (χ1n) is 14.1. The molecule has 13 heteroatoms. The number of carbonyl (C=O) groups is 3. The molecule has 3 fully saturated rings. The number of fused-ring (bicyclic) bond motifs is 5. The molecule has 232 valence electrons. The average molecular weight is 1030 g/mol. The minimum atomic E-state index is -2.02. The van der Waals surface area contributed by atoms with Gasteiger partial charge in [0.05, 0.1) is 24.9 Å². The number of Topliss-reactive ketones (excluding diaryl/α,β-unsaturated/α-hetero) is 1. The molecule has 0 aromatic carbocycles. The van der Waals surface area contributed by atoms with Gasteiger partial charge >= 0.3 is 11.9 Å². The van der Waals surface area contributed by atoms with E-state index in [9.17, 15) is 34.8 Å². The molecule has 1 aliphatic heterocycles. The molecule has 2 bridgehead atoms. The van der Waals surface area contributed by atoms with Gasteiger partial charge < -0.3 is 39.1 Å². The number of carbonyl (C=O) groups excluding carboxylic acids is 3. The molecule has 1 aromatic rings. The topological polar surface area (TPSA) is 173 Å². The summed E-state index contributed by atoms with van der Waals surface area (Å²) in [6.45, 7) is 9.15. The Balaban J connectivity index is 0.00000253. The Morgan fingerprint density at radius 1 is 1.14 bits per heavy atom. The van der Waals surface area contributed by atoms with Crippen LogP contribution in [0.1, 0.15) is 72.5 Å². The number of aliphatic hydroxyl groups is 4. The number of rotatable bonds is 5. The summed E-state index contributed by atoms with van der Waals surface area (Å²) in [5, 5.41) is 47.0. The Morgan fingerprint density at radius 2 is 1.79 bits per heavy atom. The van der Waals surface area contributed by atoms with E-state index in [1.807, 2.05) is 0 Å². The maximum atomic E-state index is 14.2. The second-order valence-corrected chi connectivity index (χ2v) is 13.0. The number of furan rings is 1. The number of esters is 2. The molecule has 43 heavy (non-hydrogen) atoms. The monoisotopic (exact) mass is 1030 g/mol. The van der Waals surface area contributed by atoms with Crippen molar-refractivity contribution in [3.63, 3.8) is 0 Å². The van der Waals surface area contributed by atoms with Gasteiger partial charge in [0, 0.05) is 118 Å². The van der Waals surface area contributed by atoms with Crippen LogP contribution in [-0.2, 0) is 28.6 Å².